The first-order chi connectivity index (χ1) is 9.06. The van der Waals surface area contributed by atoms with E-state index in [4.69, 9.17) is 4.74 Å². The van der Waals surface area contributed by atoms with Crippen LogP contribution in [0.1, 0.15) is 46.0 Å². The van der Waals surface area contributed by atoms with E-state index in [-0.39, 0.29) is 5.92 Å². The van der Waals surface area contributed by atoms with E-state index in [0.29, 0.717) is 23.7 Å². The SMILES string of the molecule is CC1CC(=O)C(CN(C)CC2CCCCO2)C(C)C1. The number of Topliss-reactive ketones (excluding diaryl/α,β-unsaturated/α-hetero) is 1. The number of likely N-dealkylation sites (N-methyl/N-ethyl adjacent to an activating group) is 1. The minimum atomic E-state index is 0.241. The predicted molar refractivity (Wildman–Crippen MR) is 77.1 cm³/mol. The fourth-order valence-electron chi connectivity index (χ4n) is 3.69. The van der Waals surface area contributed by atoms with Crippen LogP contribution < -0.4 is 0 Å². The molecule has 0 radical (unpaired) electrons. The number of rotatable bonds is 4. The molecule has 1 heterocycles. The van der Waals surface area contributed by atoms with Crippen LogP contribution in [0, 0.1) is 17.8 Å². The van der Waals surface area contributed by atoms with Crippen molar-refractivity contribution < 1.29 is 9.53 Å². The van der Waals surface area contributed by atoms with Gasteiger partial charge in [-0.1, -0.05) is 13.8 Å². The molecule has 19 heavy (non-hydrogen) atoms. The Morgan fingerprint density at radius 1 is 1.26 bits per heavy atom. The van der Waals surface area contributed by atoms with E-state index in [1.165, 1.54) is 25.7 Å². The lowest BCUT2D eigenvalue weighted by Crippen LogP contribution is -2.42. The van der Waals surface area contributed by atoms with Gasteiger partial charge in [0, 0.05) is 32.0 Å². The lowest BCUT2D eigenvalue weighted by Gasteiger charge is -2.35. The van der Waals surface area contributed by atoms with Gasteiger partial charge in [-0.2, -0.15) is 0 Å². The van der Waals surface area contributed by atoms with Gasteiger partial charge >= 0.3 is 0 Å². The average Bonchev–Trinajstić information content (AvgIpc) is 2.35. The molecule has 2 fully saturated rings. The quantitative estimate of drug-likeness (QED) is 0.784. The molecule has 0 bridgehead atoms. The Labute approximate surface area is 117 Å². The summed E-state index contributed by atoms with van der Waals surface area (Å²) in [5.41, 5.74) is 0. The fraction of sp³-hybridized carbons (Fsp3) is 0.938. The van der Waals surface area contributed by atoms with Gasteiger partial charge in [0.1, 0.15) is 5.78 Å². The second-order valence-corrected chi connectivity index (χ2v) is 6.80. The van der Waals surface area contributed by atoms with Crippen molar-refractivity contribution in [2.24, 2.45) is 17.8 Å². The highest BCUT2D eigenvalue weighted by atomic mass is 16.5. The molecule has 0 aromatic rings. The molecule has 0 spiro atoms. The van der Waals surface area contributed by atoms with Crippen LogP contribution in [0.4, 0.5) is 0 Å². The summed E-state index contributed by atoms with van der Waals surface area (Å²) in [4.78, 5) is 14.5. The van der Waals surface area contributed by atoms with Crippen molar-refractivity contribution in [3.63, 3.8) is 0 Å². The van der Waals surface area contributed by atoms with Gasteiger partial charge in [0.15, 0.2) is 0 Å². The van der Waals surface area contributed by atoms with Crippen LogP contribution in [-0.2, 0) is 9.53 Å². The van der Waals surface area contributed by atoms with Crippen LogP contribution >= 0.6 is 0 Å². The first kappa shape index (κ1) is 15.0. The van der Waals surface area contributed by atoms with Crippen LogP contribution in [-0.4, -0.2) is 43.5 Å². The van der Waals surface area contributed by atoms with Crippen molar-refractivity contribution in [3.8, 4) is 0 Å². The summed E-state index contributed by atoms with van der Waals surface area (Å²) >= 11 is 0. The van der Waals surface area contributed by atoms with E-state index in [1.54, 1.807) is 0 Å². The van der Waals surface area contributed by atoms with Crippen LogP contribution in [0.5, 0.6) is 0 Å². The highest BCUT2D eigenvalue weighted by Gasteiger charge is 2.33. The molecular formula is C16H29NO2. The standard InChI is InChI=1S/C16H29NO2/c1-12-8-13(2)15(16(18)9-12)11-17(3)10-14-6-4-5-7-19-14/h12-15H,4-11H2,1-3H3. The van der Waals surface area contributed by atoms with Gasteiger partial charge in [0.25, 0.3) is 0 Å². The summed E-state index contributed by atoms with van der Waals surface area (Å²) in [5.74, 6) is 1.82. The zero-order chi connectivity index (χ0) is 13.8. The fourth-order valence-corrected chi connectivity index (χ4v) is 3.69. The van der Waals surface area contributed by atoms with Crippen molar-refractivity contribution in [1.82, 2.24) is 4.90 Å². The maximum absolute atomic E-state index is 12.2. The Bertz CT molecular complexity index is 299. The van der Waals surface area contributed by atoms with Gasteiger partial charge in [-0.05, 0) is 44.6 Å². The Kier molecular flexibility index (Phi) is 5.40. The van der Waals surface area contributed by atoms with E-state index >= 15 is 0 Å². The number of hydrogen-bond acceptors (Lipinski definition) is 3. The molecule has 3 nitrogen and oxygen atoms in total. The zero-order valence-electron chi connectivity index (χ0n) is 12.7. The van der Waals surface area contributed by atoms with Crippen molar-refractivity contribution in [1.29, 1.82) is 0 Å². The van der Waals surface area contributed by atoms with E-state index in [2.05, 4.69) is 25.8 Å². The summed E-state index contributed by atoms with van der Waals surface area (Å²) in [6.07, 6.45) is 6.03. The van der Waals surface area contributed by atoms with E-state index in [1.807, 2.05) is 0 Å². The number of ether oxygens (including phenoxy) is 1. The second-order valence-electron chi connectivity index (χ2n) is 6.80. The second kappa shape index (κ2) is 6.85. The largest absolute Gasteiger partial charge is 0.377 e. The summed E-state index contributed by atoms with van der Waals surface area (Å²) in [6.45, 7) is 7.24. The molecule has 1 saturated heterocycles. The molecule has 4 atom stereocenters. The first-order valence-electron chi connectivity index (χ1n) is 7.89. The lowest BCUT2D eigenvalue weighted by molar-refractivity contribution is -0.128. The maximum Gasteiger partial charge on any atom is 0.137 e. The molecule has 4 unspecified atom stereocenters. The number of ketones is 1. The molecule has 0 aromatic carbocycles. The van der Waals surface area contributed by atoms with Gasteiger partial charge in [-0.3, -0.25) is 4.79 Å². The summed E-state index contributed by atoms with van der Waals surface area (Å²) < 4.78 is 5.78. The minimum absolute atomic E-state index is 0.241. The molecule has 0 aromatic heterocycles. The van der Waals surface area contributed by atoms with Crippen LogP contribution in [0.2, 0.25) is 0 Å². The third-order valence-electron chi connectivity index (χ3n) is 4.72. The maximum atomic E-state index is 12.2. The lowest BCUT2D eigenvalue weighted by atomic mass is 9.74. The van der Waals surface area contributed by atoms with Gasteiger partial charge in [-0.25, -0.2) is 0 Å². The summed E-state index contributed by atoms with van der Waals surface area (Å²) in [5, 5.41) is 0. The third kappa shape index (κ3) is 4.28. The number of hydrogen-bond donors (Lipinski definition) is 0. The van der Waals surface area contributed by atoms with Gasteiger partial charge < -0.3 is 9.64 Å². The molecule has 3 heteroatoms. The minimum Gasteiger partial charge on any atom is -0.377 e. The van der Waals surface area contributed by atoms with E-state index in [9.17, 15) is 4.79 Å². The molecule has 110 valence electrons. The van der Waals surface area contributed by atoms with Crippen molar-refractivity contribution in [2.75, 3.05) is 26.7 Å². The number of carbonyl (C=O) groups excluding carboxylic acids is 1. The molecule has 1 aliphatic carbocycles. The van der Waals surface area contributed by atoms with E-state index < -0.39 is 0 Å². The van der Waals surface area contributed by atoms with Gasteiger partial charge in [-0.15, -0.1) is 0 Å². The zero-order valence-corrected chi connectivity index (χ0v) is 12.7. The molecule has 0 N–H and O–H groups in total. The number of carbonyl (C=O) groups is 1. The Hall–Kier alpha value is -0.410. The molecule has 2 aliphatic rings. The van der Waals surface area contributed by atoms with Crippen LogP contribution in [0.25, 0.3) is 0 Å². The van der Waals surface area contributed by atoms with E-state index in [0.717, 1.165) is 26.1 Å². The van der Waals surface area contributed by atoms with Crippen LogP contribution in [0.3, 0.4) is 0 Å². The highest BCUT2D eigenvalue weighted by Crippen LogP contribution is 2.31. The normalized spacial score (nSPS) is 36.7. The molecule has 1 saturated carbocycles. The van der Waals surface area contributed by atoms with Gasteiger partial charge in [0.2, 0.25) is 0 Å². The average molecular weight is 267 g/mol. The van der Waals surface area contributed by atoms with Crippen LogP contribution in [0.15, 0.2) is 0 Å². The Morgan fingerprint density at radius 2 is 2.05 bits per heavy atom. The molecule has 1 aliphatic heterocycles. The smallest absolute Gasteiger partial charge is 0.137 e. The summed E-state index contributed by atoms with van der Waals surface area (Å²) in [7, 11) is 2.13. The molecule has 2 rings (SSSR count). The Balaban J connectivity index is 1.80. The Morgan fingerprint density at radius 3 is 2.68 bits per heavy atom. The topological polar surface area (TPSA) is 29.5 Å². The highest BCUT2D eigenvalue weighted by molar-refractivity contribution is 5.82. The van der Waals surface area contributed by atoms with Crippen molar-refractivity contribution >= 4 is 5.78 Å². The predicted octanol–water partition coefficient (Wildman–Crippen LogP) is 2.74. The first-order valence-corrected chi connectivity index (χ1v) is 7.89. The third-order valence-corrected chi connectivity index (χ3v) is 4.72. The summed E-state index contributed by atoms with van der Waals surface area (Å²) in [6, 6.07) is 0. The number of nitrogens with zero attached hydrogens (tertiary/aromatic N) is 1. The molecular weight excluding hydrogens is 238 g/mol. The van der Waals surface area contributed by atoms with Crippen molar-refractivity contribution in [3.05, 3.63) is 0 Å². The van der Waals surface area contributed by atoms with Crippen molar-refractivity contribution in [2.45, 2.75) is 52.1 Å². The van der Waals surface area contributed by atoms with Gasteiger partial charge in [0.05, 0.1) is 6.10 Å². The monoisotopic (exact) mass is 267 g/mol. The molecule has 0 amide bonds.